The summed E-state index contributed by atoms with van der Waals surface area (Å²) in [7, 11) is -3.33. The van der Waals surface area contributed by atoms with Crippen LogP contribution in [-0.4, -0.2) is 25.8 Å². The molecule has 0 spiro atoms. The van der Waals surface area contributed by atoms with Gasteiger partial charge in [-0.15, -0.1) is 0 Å². The number of anilines is 2. The van der Waals surface area contributed by atoms with E-state index in [1.807, 2.05) is 0 Å². The third kappa shape index (κ3) is 5.36. The number of hydrogen-bond donors (Lipinski definition) is 4. The van der Waals surface area contributed by atoms with E-state index in [0.29, 0.717) is 5.69 Å². The van der Waals surface area contributed by atoms with E-state index in [1.165, 1.54) is 30.3 Å². The fourth-order valence-corrected chi connectivity index (χ4v) is 2.61. The Balaban J connectivity index is 1.87. The van der Waals surface area contributed by atoms with Crippen molar-refractivity contribution in [3.63, 3.8) is 0 Å². The van der Waals surface area contributed by atoms with Crippen LogP contribution in [0.3, 0.4) is 0 Å². The highest BCUT2D eigenvalue weighted by atomic mass is 32.2. The predicted molar refractivity (Wildman–Crippen MR) is 97.4 cm³/mol. The molecule has 2 aromatic carbocycles. The van der Waals surface area contributed by atoms with Gasteiger partial charge in [-0.1, -0.05) is 6.07 Å². The number of rotatable bonds is 3. The number of nitrogens with one attached hydrogen (secondary N) is 4. The molecule has 138 valence electrons. The van der Waals surface area contributed by atoms with Gasteiger partial charge in [0.05, 0.1) is 4.90 Å². The first-order valence-corrected chi connectivity index (χ1v) is 9.35. The Bertz CT molecular complexity index is 914. The van der Waals surface area contributed by atoms with Crippen LogP contribution in [0.25, 0.3) is 0 Å². The molecule has 4 N–H and O–H groups in total. The minimum absolute atomic E-state index is 0.110. The number of hydrazine groups is 1. The van der Waals surface area contributed by atoms with Crippen molar-refractivity contribution in [2.24, 2.45) is 0 Å². The quantitative estimate of drug-likeness (QED) is 0.466. The molecular weight excluding hydrogens is 386 g/mol. The van der Waals surface area contributed by atoms with Gasteiger partial charge < -0.3 is 10.6 Å². The monoisotopic (exact) mass is 400 g/mol. The number of amides is 2. The van der Waals surface area contributed by atoms with Gasteiger partial charge in [-0.2, -0.15) is 0 Å². The smallest absolute Gasteiger partial charge is 0.327 e. The van der Waals surface area contributed by atoms with Gasteiger partial charge in [0.25, 0.3) is 0 Å². The molecule has 26 heavy (non-hydrogen) atoms. The predicted octanol–water partition coefficient (Wildman–Crippen LogP) is 2.39. The van der Waals surface area contributed by atoms with E-state index < -0.39 is 33.2 Å². The zero-order valence-electron chi connectivity index (χ0n) is 13.3. The normalized spacial score (nSPS) is 10.7. The molecule has 0 saturated carbocycles. The first-order valence-electron chi connectivity index (χ1n) is 7.05. The zero-order chi connectivity index (χ0) is 19.3. The molecule has 0 radical (unpaired) electrons. The number of thiocarbonyl (C=S) groups is 1. The van der Waals surface area contributed by atoms with E-state index in [-0.39, 0.29) is 10.0 Å². The van der Waals surface area contributed by atoms with Gasteiger partial charge in [-0.3, -0.25) is 5.43 Å². The Morgan fingerprint density at radius 2 is 1.54 bits per heavy atom. The van der Waals surface area contributed by atoms with Crippen molar-refractivity contribution in [1.29, 1.82) is 0 Å². The molecule has 0 fully saturated rings. The maximum Gasteiger partial charge on any atom is 0.337 e. The van der Waals surface area contributed by atoms with E-state index in [2.05, 4.69) is 21.5 Å². The Hall–Kier alpha value is -2.79. The van der Waals surface area contributed by atoms with E-state index in [4.69, 9.17) is 12.2 Å². The van der Waals surface area contributed by atoms with Crippen molar-refractivity contribution in [2.75, 3.05) is 16.9 Å². The molecule has 2 rings (SSSR count). The lowest BCUT2D eigenvalue weighted by Crippen LogP contribution is -2.45. The largest absolute Gasteiger partial charge is 0.337 e. The standard InChI is InChI=1S/C15H14F2N4O3S2/c1-26(23,24)10-7-5-9(6-8-10)18-14(22)20-21-15(25)19-13-11(16)3-2-4-12(13)17/h2-8H,1H3,(H2,18,20,22)(H2,19,21,25). The third-order valence-corrected chi connectivity index (χ3v) is 4.36. The first kappa shape index (κ1) is 19.5. The lowest BCUT2D eigenvalue weighted by Gasteiger charge is -2.13. The highest BCUT2D eigenvalue weighted by molar-refractivity contribution is 7.90. The molecule has 7 nitrogen and oxygen atoms in total. The van der Waals surface area contributed by atoms with Crippen LogP contribution in [0.4, 0.5) is 25.0 Å². The highest BCUT2D eigenvalue weighted by Crippen LogP contribution is 2.17. The van der Waals surface area contributed by atoms with Crippen molar-refractivity contribution in [3.8, 4) is 0 Å². The van der Waals surface area contributed by atoms with Crippen molar-refractivity contribution < 1.29 is 22.0 Å². The summed E-state index contributed by atoms with van der Waals surface area (Å²) in [6, 6.07) is 8.06. The van der Waals surface area contributed by atoms with Gasteiger partial charge in [-0.05, 0) is 48.6 Å². The topological polar surface area (TPSA) is 99.3 Å². The number of benzene rings is 2. The van der Waals surface area contributed by atoms with E-state index in [1.54, 1.807) is 0 Å². The molecule has 0 saturated heterocycles. The summed E-state index contributed by atoms with van der Waals surface area (Å²) in [4.78, 5) is 11.9. The SMILES string of the molecule is CS(=O)(=O)c1ccc(NC(=O)NNC(=S)Nc2c(F)cccc2F)cc1. The molecule has 0 aliphatic heterocycles. The van der Waals surface area contributed by atoms with Gasteiger partial charge in [0.1, 0.15) is 17.3 Å². The van der Waals surface area contributed by atoms with E-state index in [0.717, 1.165) is 18.4 Å². The van der Waals surface area contributed by atoms with Gasteiger partial charge in [0, 0.05) is 11.9 Å². The summed E-state index contributed by atoms with van der Waals surface area (Å²) in [5.74, 6) is -1.69. The van der Waals surface area contributed by atoms with Crippen molar-refractivity contribution in [3.05, 3.63) is 54.1 Å². The average molecular weight is 400 g/mol. The number of halogens is 2. The summed E-state index contributed by atoms with van der Waals surface area (Å²) in [5.41, 5.74) is 4.31. The molecule has 0 aliphatic rings. The summed E-state index contributed by atoms with van der Waals surface area (Å²) >= 11 is 4.83. The maximum atomic E-state index is 13.5. The molecule has 2 amide bonds. The Morgan fingerprint density at radius 1 is 0.962 bits per heavy atom. The summed E-state index contributed by atoms with van der Waals surface area (Å²) in [6.45, 7) is 0. The maximum absolute atomic E-state index is 13.5. The zero-order valence-corrected chi connectivity index (χ0v) is 15.0. The molecule has 0 aromatic heterocycles. The van der Waals surface area contributed by atoms with E-state index >= 15 is 0 Å². The lowest BCUT2D eigenvalue weighted by atomic mass is 10.3. The minimum atomic E-state index is -3.33. The summed E-state index contributed by atoms with van der Waals surface area (Å²) < 4.78 is 49.7. The lowest BCUT2D eigenvalue weighted by molar-refractivity contribution is 0.250. The second-order valence-electron chi connectivity index (χ2n) is 5.05. The molecule has 0 bridgehead atoms. The molecular formula is C15H14F2N4O3S2. The Kier molecular flexibility index (Phi) is 6.05. The van der Waals surface area contributed by atoms with Crippen LogP contribution in [-0.2, 0) is 9.84 Å². The number of carbonyl (C=O) groups excluding carboxylic acids is 1. The van der Waals surface area contributed by atoms with Crippen LogP contribution in [0.1, 0.15) is 0 Å². The summed E-state index contributed by atoms with van der Waals surface area (Å²) in [6.07, 6.45) is 1.07. The second kappa shape index (κ2) is 8.06. The van der Waals surface area contributed by atoms with Crippen LogP contribution < -0.4 is 21.5 Å². The number of carbonyl (C=O) groups is 1. The second-order valence-corrected chi connectivity index (χ2v) is 7.48. The van der Waals surface area contributed by atoms with Gasteiger partial charge in [-0.25, -0.2) is 27.4 Å². The Morgan fingerprint density at radius 3 is 2.08 bits per heavy atom. The van der Waals surface area contributed by atoms with Crippen molar-refractivity contribution in [1.82, 2.24) is 10.9 Å². The number of para-hydroxylation sites is 1. The van der Waals surface area contributed by atoms with Gasteiger partial charge in [0.15, 0.2) is 14.9 Å². The number of urea groups is 1. The van der Waals surface area contributed by atoms with Crippen LogP contribution in [0.2, 0.25) is 0 Å². The molecule has 0 heterocycles. The fraction of sp³-hybridized carbons (Fsp3) is 0.0667. The third-order valence-electron chi connectivity index (χ3n) is 3.03. The highest BCUT2D eigenvalue weighted by Gasteiger charge is 2.11. The first-order chi connectivity index (χ1) is 12.2. The number of sulfone groups is 1. The van der Waals surface area contributed by atoms with Crippen LogP contribution in [0, 0.1) is 11.6 Å². The molecule has 0 atom stereocenters. The average Bonchev–Trinajstić information content (AvgIpc) is 2.56. The summed E-state index contributed by atoms with van der Waals surface area (Å²) in [5, 5.41) is 4.46. The molecule has 2 aromatic rings. The molecule has 0 aliphatic carbocycles. The van der Waals surface area contributed by atoms with Crippen molar-refractivity contribution in [2.45, 2.75) is 4.90 Å². The minimum Gasteiger partial charge on any atom is -0.327 e. The van der Waals surface area contributed by atoms with E-state index in [9.17, 15) is 22.0 Å². The van der Waals surface area contributed by atoms with Crippen molar-refractivity contribution >= 4 is 44.6 Å². The molecule has 0 unspecified atom stereocenters. The van der Waals surface area contributed by atoms with Crippen LogP contribution >= 0.6 is 12.2 Å². The fourth-order valence-electron chi connectivity index (χ4n) is 1.82. The van der Waals surface area contributed by atoms with Gasteiger partial charge >= 0.3 is 6.03 Å². The van der Waals surface area contributed by atoms with Crippen LogP contribution in [0.15, 0.2) is 47.4 Å². The molecule has 11 heteroatoms. The number of hydrogen-bond acceptors (Lipinski definition) is 4. The van der Waals surface area contributed by atoms with Gasteiger partial charge in [0.2, 0.25) is 0 Å². The van der Waals surface area contributed by atoms with Crippen LogP contribution in [0.5, 0.6) is 0 Å². The Labute approximate surface area is 153 Å².